The van der Waals surface area contributed by atoms with Gasteiger partial charge in [0.25, 0.3) is 0 Å². The van der Waals surface area contributed by atoms with Crippen molar-refractivity contribution in [3.63, 3.8) is 0 Å². The zero-order valence-corrected chi connectivity index (χ0v) is 18.0. The molecule has 0 saturated heterocycles. The first-order valence-corrected chi connectivity index (χ1v) is 10.3. The van der Waals surface area contributed by atoms with Crippen molar-refractivity contribution < 1.29 is 23.2 Å². The molecule has 0 aliphatic carbocycles. The van der Waals surface area contributed by atoms with Crippen LogP contribution in [0.1, 0.15) is 12.5 Å². The summed E-state index contributed by atoms with van der Waals surface area (Å²) in [5.74, 6) is 0. The van der Waals surface area contributed by atoms with Crippen LogP contribution in [-0.2, 0) is 12.7 Å². The number of nitrogens with zero attached hydrogens (tertiary/aromatic N) is 4. The summed E-state index contributed by atoms with van der Waals surface area (Å²) in [6.45, 7) is 2.62. The van der Waals surface area contributed by atoms with Gasteiger partial charge in [0.1, 0.15) is 5.69 Å². The molecule has 2 N–H and O–H groups in total. The Bertz CT molecular complexity index is 1290. The van der Waals surface area contributed by atoms with Crippen LogP contribution < -0.4 is 10.4 Å². The Morgan fingerprint density at radius 1 is 1.06 bits per heavy atom. The molecule has 0 aliphatic rings. The third-order valence-corrected chi connectivity index (χ3v) is 5.10. The first kappa shape index (κ1) is 23.0. The third kappa shape index (κ3) is 4.91. The number of alkyl halides is 3. The zero-order valence-electron chi connectivity index (χ0n) is 18.0. The number of carbonyl (C=O) groups excluding carboxylic acids is 1. The molecule has 2 aromatic heterocycles. The van der Waals surface area contributed by atoms with Crippen molar-refractivity contribution in [1.29, 1.82) is 0 Å². The van der Waals surface area contributed by atoms with Crippen molar-refractivity contribution in [1.82, 2.24) is 14.8 Å². The molecular formula is C24H20F3N5O2. The van der Waals surface area contributed by atoms with E-state index in [1.807, 2.05) is 31.3 Å². The molecule has 4 aromatic rings. The number of pyridine rings is 1. The van der Waals surface area contributed by atoms with Crippen LogP contribution in [0.3, 0.4) is 0 Å². The van der Waals surface area contributed by atoms with Crippen molar-refractivity contribution in [3.05, 3.63) is 84.8 Å². The number of urea groups is 1. The number of amides is 2. The van der Waals surface area contributed by atoms with E-state index in [-0.39, 0.29) is 11.4 Å². The van der Waals surface area contributed by atoms with Gasteiger partial charge in [0.05, 0.1) is 11.3 Å². The van der Waals surface area contributed by atoms with E-state index in [0.717, 1.165) is 41.1 Å². The van der Waals surface area contributed by atoms with Crippen LogP contribution in [0.2, 0.25) is 0 Å². The third-order valence-electron chi connectivity index (χ3n) is 5.10. The Hall–Kier alpha value is -4.18. The molecule has 0 unspecified atom stereocenters. The highest BCUT2D eigenvalue weighted by Crippen LogP contribution is 2.33. The molecule has 7 nitrogen and oxygen atoms in total. The van der Waals surface area contributed by atoms with E-state index in [1.165, 1.54) is 6.07 Å². The number of aryl methyl sites for hydroxylation is 1. The number of benzene rings is 2. The van der Waals surface area contributed by atoms with Gasteiger partial charge in [-0.05, 0) is 61.0 Å². The highest BCUT2D eigenvalue weighted by Gasteiger charge is 2.30. The summed E-state index contributed by atoms with van der Waals surface area (Å²) in [5, 5.41) is 17.8. The SMILES string of the molecule is CCn1cc(-c2cccc(N(O)C(=O)Nc3ccc(C(F)(F)F)cc3)c2)c(-c2ccncc2)n1. The molecular weight excluding hydrogens is 447 g/mol. The molecule has 0 aliphatic heterocycles. The van der Waals surface area contributed by atoms with Crippen LogP contribution in [0.25, 0.3) is 22.4 Å². The number of aromatic nitrogens is 3. The maximum Gasteiger partial charge on any atom is 0.416 e. The van der Waals surface area contributed by atoms with Crippen molar-refractivity contribution in [2.75, 3.05) is 10.4 Å². The minimum Gasteiger partial charge on any atom is -0.306 e. The lowest BCUT2D eigenvalue weighted by Crippen LogP contribution is -2.31. The van der Waals surface area contributed by atoms with Crippen LogP contribution in [0.5, 0.6) is 0 Å². The molecule has 0 spiro atoms. The fourth-order valence-corrected chi connectivity index (χ4v) is 3.36. The van der Waals surface area contributed by atoms with Gasteiger partial charge < -0.3 is 5.32 Å². The lowest BCUT2D eigenvalue weighted by molar-refractivity contribution is -0.137. The number of anilines is 2. The lowest BCUT2D eigenvalue weighted by Gasteiger charge is -2.17. The van der Waals surface area contributed by atoms with E-state index in [1.54, 1.807) is 29.2 Å². The van der Waals surface area contributed by atoms with Crippen LogP contribution in [0.15, 0.2) is 79.3 Å². The number of hydrogen-bond donors (Lipinski definition) is 2. The zero-order chi connectivity index (χ0) is 24.3. The topological polar surface area (TPSA) is 83.3 Å². The number of halogens is 3. The second kappa shape index (κ2) is 9.36. The molecule has 0 bridgehead atoms. The minimum absolute atomic E-state index is 0.109. The predicted octanol–water partition coefficient (Wildman–Crippen LogP) is 6.08. The van der Waals surface area contributed by atoms with E-state index < -0.39 is 17.8 Å². The Morgan fingerprint density at radius 2 is 1.76 bits per heavy atom. The molecule has 2 heterocycles. The lowest BCUT2D eigenvalue weighted by atomic mass is 10.0. The molecule has 2 aromatic carbocycles. The summed E-state index contributed by atoms with van der Waals surface area (Å²) in [6.07, 6.45) is 0.731. The molecule has 10 heteroatoms. The first-order valence-electron chi connectivity index (χ1n) is 10.3. The quantitative estimate of drug-likeness (QED) is 0.275. The van der Waals surface area contributed by atoms with Gasteiger partial charge in [-0.25, -0.2) is 4.79 Å². The van der Waals surface area contributed by atoms with Gasteiger partial charge in [-0.2, -0.15) is 23.3 Å². The highest BCUT2D eigenvalue weighted by molar-refractivity contribution is 6.00. The van der Waals surface area contributed by atoms with Gasteiger partial charge >= 0.3 is 12.2 Å². The average Bonchev–Trinajstić information content (AvgIpc) is 3.29. The van der Waals surface area contributed by atoms with Crippen molar-refractivity contribution in [2.45, 2.75) is 19.6 Å². The second-order valence-electron chi connectivity index (χ2n) is 7.35. The van der Waals surface area contributed by atoms with Crippen molar-refractivity contribution in [2.24, 2.45) is 0 Å². The summed E-state index contributed by atoms with van der Waals surface area (Å²) >= 11 is 0. The normalized spacial score (nSPS) is 11.3. The van der Waals surface area contributed by atoms with E-state index in [2.05, 4.69) is 15.4 Å². The van der Waals surface area contributed by atoms with Gasteiger partial charge in [0.15, 0.2) is 0 Å². The van der Waals surface area contributed by atoms with Crippen molar-refractivity contribution in [3.8, 4) is 22.4 Å². The Balaban J connectivity index is 1.58. The number of hydrogen-bond acceptors (Lipinski definition) is 4. The minimum atomic E-state index is -4.48. The van der Waals surface area contributed by atoms with Crippen LogP contribution >= 0.6 is 0 Å². The molecule has 2 amide bonds. The first-order chi connectivity index (χ1) is 16.3. The van der Waals surface area contributed by atoms with E-state index in [0.29, 0.717) is 17.2 Å². The Labute approximate surface area is 193 Å². The largest absolute Gasteiger partial charge is 0.416 e. The van der Waals surface area contributed by atoms with Gasteiger partial charge in [-0.15, -0.1) is 0 Å². The smallest absolute Gasteiger partial charge is 0.306 e. The Morgan fingerprint density at radius 3 is 2.41 bits per heavy atom. The standard InChI is InChI=1S/C24H20F3N5O2/c1-2-31-15-21(22(30-31)16-10-12-28-13-11-16)17-4-3-5-20(14-17)32(34)23(33)29-19-8-6-18(7-9-19)24(25,26)27/h3-15,34H,2H2,1H3,(H,29,33). The number of rotatable bonds is 5. The monoisotopic (exact) mass is 467 g/mol. The van der Waals surface area contributed by atoms with Crippen LogP contribution in [0.4, 0.5) is 29.3 Å². The summed E-state index contributed by atoms with van der Waals surface area (Å²) < 4.78 is 40.0. The molecule has 4 rings (SSSR count). The number of nitrogens with one attached hydrogen (secondary N) is 1. The molecule has 174 valence electrons. The van der Waals surface area contributed by atoms with Gasteiger partial charge in [-0.1, -0.05) is 12.1 Å². The van der Waals surface area contributed by atoms with E-state index in [4.69, 9.17) is 0 Å². The Kier molecular flexibility index (Phi) is 6.33. The molecule has 0 atom stereocenters. The average molecular weight is 467 g/mol. The second-order valence-corrected chi connectivity index (χ2v) is 7.35. The van der Waals surface area contributed by atoms with Gasteiger partial charge in [-0.3, -0.25) is 14.9 Å². The maximum absolute atomic E-state index is 12.7. The molecule has 0 radical (unpaired) electrons. The summed E-state index contributed by atoms with van der Waals surface area (Å²) in [4.78, 5) is 16.5. The maximum atomic E-state index is 12.7. The van der Waals surface area contributed by atoms with Crippen LogP contribution in [0, 0.1) is 0 Å². The fourth-order valence-electron chi connectivity index (χ4n) is 3.36. The summed E-state index contributed by atoms with van der Waals surface area (Å²) in [5.41, 5.74) is 2.54. The molecule has 34 heavy (non-hydrogen) atoms. The summed E-state index contributed by atoms with van der Waals surface area (Å²) in [6, 6.07) is 13.4. The fraction of sp³-hybridized carbons (Fsp3) is 0.125. The van der Waals surface area contributed by atoms with Gasteiger partial charge in [0, 0.05) is 41.9 Å². The van der Waals surface area contributed by atoms with Crippen LogP contribution in [-0.4, -0.2) is 26.0 Å². The van der Waals surface area contributed by atoms with E-state index >= 15 is 0 Å². The predicted molar refractivity (Wildman–Crippen MR) is 121 cm³/mol. The number of hydroxylamine groups is 1. The van der Waals surface area contributed by atoms with Gasteiger partial charge in [0.2, 0.25) is 0 Å². The molecule has 0 fully saturated rings. The van der Waals surface area contributed by atoms with Crippen molar-refractivity contribution >= 4 is 17.4 Å². The van der Waals surface area contributed by atoms with E-state index in [9.17, 15) is 23.2 Å². The molecule has 0 saturated carbocycles. The summed E-state index contributed by atoms with van der Waals surface area (Å²) in [7, 11) is 0. The highest BCUT2D eigenvalue weighted by atomic mass is 19.4. The number of carbonyl (C=O) groups is 1.